The number of pyridine rings is 1. The number of hydrogen-bond acceptors (Lipinski definition) is 6. The zero-order valence-electron chi connectivity index (χ0n) is 19.1. The molecule has 0 radical (unpaired) electrons. The van der Waals surface area contributed by atoms with Gasteiger partial charge in [-0.2, -0.15) is 0 Å². The molecule has 172 valence electrons. The minimum Gasteiger partial charge on any atom is -0.502 e. The van der Waals surface area contributed by atoms with Crippen LogP contribution in [0.3, 0.4) is 0 Å². The van der Waals surface area contributed by atoms with Gasteiger partial charge in [0.05, 0.1) is 20.3 Å². The number of methoxy groups -OCH3 is 2. The number of fused-ring (bicyclic) bond motifs is 1. The Kier molecular flexibility index (Phi) is 6.00. The van der Waals surface area contributed by atoms with Crippen LogP contribution in [0.25, 0.3) is 0 Å². The monoisotopic (exact) mass is 449 g/mol. The van der Waals surface area contributed by atoms with Crippen LogP contribution in [0.2, 0.25) is 0 Å². The third-order valence-electron chi connectivity index (χ3n) is 5.83. The van der Waals surface area contributed by atoms with Gasteiger partial charge in [0.2, 0.25) is 5.43 Å². The largest absolute Gasteiger partial charge is 0.502 e. The standard InChI is InChI=1S/C25H27N3O5/c1-16(2)26-15-28(27-12-11-21(29)24(30)23(27)25(26)31)22(17-7-5-9-19(13-17)32-3)18-8-6-10-20(14-18)33-4/h5-14,16,22,30H,15H2,1-4H3. The third-order valence-corrected chi connectivity index (χ3v) is 5.83. The van der Waals surface area contributed by atoms with Gasteiger partial charge in [-0.15, -0.1) is 0 Å². The number of rotatable bonds is 6. The Morgan fingerprint density at radius 2 is 1.48 bits per heavy atom. The molecular weight excluding hydrogens is 422 g/mol. The summed E-state index contributed by atoms with van der Waals surface area (Å²) in [6.07, 6.45) is 1.53. The van der Waals surface area contributed by atoms with E-state index >= 15 is 0 Å². The van der Waals surface area contributed by atoms with E-state index in [1.807, 2.05) is 67.4 Å². The second-order valence-corrected chi connectivity index (χ2v) is 8.13. The number of ether oxygens (including phenoxy) is 2. The van der Waals surface area contributed by atoms with Gasteiger partial charge in [-0.05, 0) is 49.2 Å². The lowest BCUT2D eigenvalue weighted by Crippen LogP contribution is -2.57. The van der Waals surface area contributed by atoms with Gasteiger partial charge < -0.3 is 19.5 Å². The molecule has 0 saturated carbocycles. The van der Waals surface area contributed by atoms with Crippen molar-refractivity contribution in [2.24, 2.45) is 0 Å². The molecule has 1 aromatic heterocycles. The van der Waals surface area contributed by atoms with E-state index in [4.69, 9.17) is 9.47 Å². The molecule has 2 aromatic carbocycles. The Morgan fingerprint density at radius 1 is 0.909 bits per heavy atom. The minimum atomic E-state index is -0.598. The summed E-state index contributed by atoms with van der Waals surface area (Å²) in [5.41, 5.74) is 1.16. The molecule has 3 aromatic rings. The molecule has 1 amide bonds. The van der Waals surface area contributed by atoms with Crippen molar-refractivity contribution in [3.05, 3.63) is 87.8 Å². The van der Waals surface area contributed by atoms with Gasteiger partial charge in [-0.3, -0.25) is 19.3 Å². The number of hydrogen-bond donors (Lipinski definition) is 1. The topological polar surface area (TPSA) is 84.2 Å². The van der Waals surface area contributed by atoms with Crippen molar-refractivity contribution in [1.29, 1.82) is 0 Å². The number of carbonyl (C=O) groups is 1. The van der Waals surface area contributed by atoms with E-state index in [-0.39, 0.29) is 24.4 Å². The van der Waals surface area contributed by atoms with E-state index in [9.17, 15) is 14.7 Å². The lowest BCUT2D eigenvalue weighted by atomic mass is 9.97. The second kappa shape index (κ2) is 8.90. The quantitative estimate of drug-likeness (QED) is 0.623. The van der Waals surface area contributed by atoms with Crippen molar-refractivity contribution < 1.29 is 19.4 Å². The highest BCUT2D eigenvalue weighted by Gasteiger charge is 2.37. The van der Waals surface area contributed by atoms with Crippen LogP contribution in [0.15, 0.2) is 65.6 Å². The maximum Gasteiger partial charge on any atom is 0.278 e. The number of amides is 1. The Morgan fingerprint density at radius 3 is 2.00 bits per heavy atom. The van der Waals surface area contributed by atoms with Crippen molar-refractivity contribution in [2.75, 3.05) is 25.9 Å². The average Bonchev–Trinajstić information content (AvgIpc) is 2.82. The summed E-state index contributed by atoms with van der Waals surface area (Å²) in [5, 5.41) is 12.5. The summed E-state index contributed by atoms with van der Waals surface area (Å²) < 4.78 is 12.5. The van der Waals surface area contributed by atoms with Gasteiger partial charge in [-0.25, -0.2) is 0 Å². The predicted octanol–water partition coefficient (Wildman–Crippen LogP) is 3.12. The van der Waals surface area contributed by atoms with Crippen LogP contribution < -0.4 is 19.9 Å². The Labute approximate surface area is 192 Å². The maximum atomic E-state index is 13.2. The van der Waals surface area contributed by atoms with E-state index in [0.29, 0.717) is 11.5 Å². The van der Waals surface area contributed by atoms with Crippen molar-refractivity contribution in [3.8, 4) is 17.2 Å². The first-order chi connectivity index (χ1) is 15.8. The molecule has 2 heterocycles. The van der Waals surface area contributed by atoms with Gasteiger partial charge in [0.25, 0.3) is 5.91 Å². The molecule has 1 aliphatic heterocycles. The highest BCUT2D eigenvalue weighted by Crippen LogP contribution is 2.35. The summed E-state index contributed by atoms with van der Waals surface area (Å²) >= 11 is 0. The molecule has 0 spiro atoms. The van der Waals surface area contributed by atoms with Crippen LogP contribution in [-0.2, 0) is 0 Å². The lowest BCUT2D eigenvalue weighted by Gasteiger charge is -2.45. The van der Waals surface area contributed by atoms with Crippen LogP contribution in [0.5, 0.6) is 17.2 Å². The van der Waals surface area contributed by atoms with Crippen LogP contribution in [0.4, 0.5) is 0 Å². The summed E-state index contributed by atoms with van der Waals surface area (Å²) in [5.74, 6) is 0.425. The van der Waals surface area contributed by atoms with E-state index in [1.165, 1.54) is 12.3 Å². The number of nitrogens with zero attached hydrogens (tertiary/aromatic N) is 3. The first-order valence-electron chi connectivity index (χ1n) is 10.7. The molecule has 0 fully saturated rings. The van der Waals surface area contributed by atoms with E-state index in [0.717, 1.165) is 11.1 Å². The SMILES string of the molecule is COc1cccc(C(c2cccc(OC)c2)N2CN(C(C)C)C(=O)c3c(O)c(=O)ccn32)c1. The smallest absolute Gasteiger partial charge is 0.278 e. The Hall–Kier alpha value is -3.94. The third kappa shape index (κ3) is 4.00. The van der Waals surface area contributed by atoms with Crippen LogP contribution in [0, 0.1) is 0 Å². The molecule has 4 rings (SSSR count). The highest BCUT2D eigenvalue weighted by molar-refractivity contribution is 5.96. The van der Waals surface area contributed by atoms with Gasteiger partial charge in [0.15, 0.2) is 11.4 Å². The summed E-state index contributed by atoms with van der Waals surface area (Å²) in [4.78, 5) is 27.1. The highest BCUT2D eigenvalue weighted by atomic mass is 16.5. The van der Waals surface area contributed by atoms with Crippen molar-refractivity contribution in [2.45, 2.75) is 25.9 Å². The van der Waals surface area contributed by atoms with E-state index < -0.39 is 17.1 Å². The fourth-order valence-corrected chi connectivity index (χ4v) is 4.12. The van der Waals surface area contributed by atoms with Crippen LogP contribution in [-0.4, -0.2) is 47.5 Å². The van der Waals surface area contributed by atoms with E-state index in [2.05, 4.69) is 0 Å². The molecule has 1 aliphatic rings. The fraction of sp³-hybridized carbons (Fsp3) is 0.280. The molecule has 0 saturated heterocycles. The molecule has 1 N–H and O–H groups in total. The number of benzene rings is 2. The second-order valence-electron chi connectivity index (χ2n) is 8.13. The van der Waals surface area contributed by atoms with Crippen molar-refractivity contribution in [1.82, 2.24) is 9.58 Å². The maximum absolute atomic E-state index is 13.2. The van der Waals surface area contributed by atoms with Crippen LogP contribution in [0.1, 0.15) is 41.5 Å². The zero-order chi connectivity index (χ0) is 23.7. The molecule has 0 atom stereocenters. The van der Waals surface area contributed by atoms with Crippen molar-refractivity contribution in [3.63, 3.8) is 0 Å². The normalized spacial score (nSPS) is 13.5. The van der Waals surface area contributed by atoms with Gasteiger partial charge in [0, 0.05) is 18.3 Å². The fourth-order valence-electron chi connectivity index (χ4n) is 4.12. The van der Waals surface area contributed by atoms with E-state index in [1.54, 1.807) is 23.8 Å². The molecule has 0 bridgehead atoms. The number of carbonyl (C=O) groups excluding carboxylic acids is 1. The molecule has 0 unspecified atom stereocenters. The van der Waals surface area contributed by atoms with Crippen LogP contribution >= 0.6 is 0 Å². The molecule has 33 heavy (non-hydrogen) atoms. The lowest BCUT2D eigenvalue weighted by molar-refractivity contribution is 0.0621. The summed E-state index contributed by atoms with van der Waals surface area (Å²) in [7, 11) is 3.22. The Balaban J connectivity index is 1.98. The van der Waals surface area contributed by atoms with Gasteiger partial charge in [-0.1, -0.05) is 24.3 Å². The number of aromatic nitrogens is 1. The molecule has 8 nitrogen and oxygen atoms in total. The summed E-state index contributed by atoms with van der Waals surface area (Å²) in [6, 6.07) is 16.1. The van der Waals surface area contributed by atoms with Crippen molar-refractivity contribution >= 4 is 5.91 Å². The first kappa shape index (κ1) is 22.3. The van der Waals surface area contributed by atoms with Gasteiger partial charge >= 0.3 is 0 Å². The number of aromatic hydroxyl groups is 1. The zero-order valence-corrected chi connectivity index (χ0v) is 19.1. The first-order valence-corrected chi connectivity index (χ1v) is 10.7. The predicted molar refractivity (Wildman–Crippen MR) is 125 cm³/mol. The average molecular weight is 450 g/mol. The minimum absolute atomic E-state index is 0.0572. The molecule has 0 aliphatic carbocycles. The Bertz CT molecular complexity index is 1190. The molecular formula is C25H27N3O5. The molecule has 8 heteroatoms. The summed E-state index contributed by atoms with van der Waals surface area (Å²) in [6.45, 7) is 4.04. The van der Waals surface area contributed by atoms with Gasteiger partial charge in [0.1, 0.15) is 18.2 Å².